The molecule has 0 saturated carbocycles. The van der Waals surface area contributed by atoms with Gasteiger partial charge in [0, 0.05) is 6.07 Å². The van der Waals surface area contributed by atoms with Crippen LogP contribution in [0, 0.1) is 6.92 Å². The summed E-state index contributed by atoms with van der Waals surface area (Å²) in [6.45, 7) is 5.25. The minimum absolute atomic E-state index is 0.0324. The van der Waals surface area contributed by atoms with Crippen molar-refractivity contribution >= 4 is 27.8 Å². The molecule has 0 fully saturated rings. The molecular weight excluding hydrogens is 522 g/mol. The van der Waals surface area contributed by atoms with Gasteiger partial charge in [0.15, 0.2) is 23.0 Å². The van der Waals surface area contributed by atoms with E-state index in [1.807, 2.05) is 6.92 Å². The van der Waals surface area contributed by atoms with Gasteiger partial charge in [0.2, 0.25) is 0 Å². The lowest BCUT2D eigenvalue weighted by Gasteiger charge is -2.24. The lowest BCUT2D eigenvalue weighted by molar-refractivity contribution is -0.119. The molecule has 0 heterocycles. The Labute approximate surface area is 228 Å². The fraction of sp³-hybridized carbons (Fsp3) is 0.214. The maximum absolute atomic E-state index is 13.6. The molecule has 206 valence electrons. The van der Waals surface area contributed by atoms with Crippen molar-refractivity contribution in [1.29, 1.82) is 0 Å². The number of hydrogen-bond donors (Lipinski definition) is 1. The minimum Gasteiger partial charge on any atom is -0.493 e. The number of benzene rings is 3. The topological polar surface area (TPSA) is 116 Å². The molecule has 0 bridgehead atoms. The van der Waals surface area contributed by atoms with Gasteiger partial charge in [0.1, 0.15) is 13.2 Å². The minimum atomic E-state index is -4.12. The highest BCUT2D eigenvalue weighted by Gasteiger charge is 2.28. The molecule has 0 radical (unpaired) electrons. The van der Waals surface area contributed by atoms with Crippen molar-refractivity contribution in [3.8, 4) is 23.0 Å². The van der Waals surface area contributed by atoms with Crippen LogP contribution in [0.15, 0.2) is 83.3 Å². The van der Waals surface area contributed by atoms with E-state index in [1.54, 1.807) is 42.5 Å². The summed E-state index contributed by atoms with van der Waals surface area (Å²) in [7, 11) is 0.300. The smallest absolute Gasteiger partial charge is 0.264 e. The normalized spacial score (nSPS) is 11.1. The Balaban J connectivity index is 1.85. The number of ether oxygens (including phenoxy) is 4. The van der Waals surface area contributed by atoms with Crippen molar-refractivity contribution in [2.45, 2.75) is 11.8 Å². The van der Waals surface area contributed by atoms with Crippen molar-refractivity contribution in [3.05, 3.63) is 84.4 Å². The van der Waals surface area contributed by atoms with E-state index in [0.717, 1.165) is 9.87 Å². The average molecular weight is 554 g/mol. The molecule has 0 atom stereocenters. The van der Waals surface area contributed by atoms with E-state index in [0.29, 0.717) is 35.2 Å². The third-order valence-electron chi connectivity index (χ3n) is 5.50. The standard InChI is InChI=1S/C28H31N3O7S/c1-6-15-38-25-13-9-21(16-26(25)36-4)18-29-30-28(32)19-31(22-10-14-24(35-3)27(17-22)37-5)39(33,34)23-11-7-20(2)8-12-23/h6-14,16-18H,1,15,19H2,2-5H3,(H,30,32)/b29-18-. The van der Waals surface area contributed by atoms with Gasteiger partial charge < -0.3 is 18.9 Å². The van der Waals surface area contributed by atoms with Crippen molar-refractivity contribution in [1.82, 2.24) is 5.43 Å². The van der Waals surface area contributed by atoms with Gasteiger partial charge in [0.05, 0.1) is 38.1 Å². The first-order chi connectivity index (χ1) is 18.7. The first kappa shape index (κ1) is 29.1. The van der Waals surface area contributed by atoms with E-state index in [2.05, 4.69) is 17.1 Å². The summed E-state index contributed by atoms with van der Waals surface area (Å²) in [5, 5.41) is 3.98. The van der Waals surface area contributed by atoms with Gasteiger partial charge in [-0.15, -0.1) is 0 Å². The number of carbonyl (C=O) groups is 1. The Morgan fingerprint density at radius 3 is 2.21 bits per heavy atom. The Hall–Kier alpha value is -4.51. The number of amides is 1. The number of hydrogen-bond acceptors (Lipinski definition) is 8. The molecular formula is C28H31N3O7S. The van der Waals surface area contributed by atoms with Gasteiger partial charge in [0.25, 0.3) is 15.9 Å². The third kappa shape index (κ3) is 7.29. The summed E-state index contributed by atoms with van der Waals surface area (Å²) in [5.41, 5.74) is 4.13. The molecule has 1 amide bonds. The Morgan fingerprint density at radius 1 is 0.923 bits per heavy atom. The molecule has 3 aromatic carbocycles. The summed E-state index contributed by atoms with van der Waals surface area (Å²) in [4.78, 5) is 12.9. The van der Waals surface area contributed by atoms with E-state index in [9.17, 15) is 13.2 Å². The zero-order valence-corrected chi connectivity index (χ0v) is 23.0. The molecule has 0 aromatic heterocycles. The monoisotopic (exact) mass is 553 g/mol. The van der Waals surface area contributed by atoms with Crippen molar-refractivity contribution in [2.75, 3.05) is 38.8 Å². The van der Waals surface area contributed by atoms with Crippen LogP contribution in [-0.4, -0.2) is 55.0 Å². The van der Waals surface area contributed by atoms with Gasteiger partial charge in [-0.25, -0.2) is 13.8 Å². The Bertz CT molecular complexity index is 1440. The van der Waals surface area contributed by atoms with E-state index in [-0.39, 0.29) is 10.6 Å². The van der Waals surface area contributed by atoms with Gasteiger partial charge >= 0.3 is 0 Å². The van der Waals surface area contributed by atoms with Crippen LogP contribution in [0.4, 0.5) is 5.69 Å². The Kier molecular flexibility index (Phi) is 9.93. The molecule has 0 saturated heterocycles. The number of nitrogens with zero attached hydrogens (tertiary/aromatic N) is 2. The summed E-state index contributed by atoms with van der Waals surface area (Å²) < 4.78 is 49.7. The number of sulfonamides is 1. The second-order valence-electron chi connectivity index (χ2n) is 8.17. The summed E-state index contributed by atoms with van der Waals surface area (Å²) in [6, 6.07) is 16.1. The lowest BCUT2D eigenvalue weighted by Crippen LogP contribution is -2.39. The molecule has 3 rings (SSSR count). The maximum Gasteiger partial charge on any atom is 0.264 e. The molecule has 3 aromatic rings. The maximum atomic E-state index is 13.6. The predicted molar refractivity (Wildman–Crippen MR) is 150 cm³/mol. The summed E-state index contributed by atoms with van der Waals surface area (Å²) in [5.74, 6) is 1.09. The van der Waals surface area contributed by atoms with E-state index in [4.69, 9.17) is 18.9 Å². The quantitative estimate of drug-likeness (QED) is 0.194. The third-order valence-corrected chi connectivity index (χ3v) is 7.29. The fourth-order valence-electron chi connectivity index (χ4n) is 3.51. The highest BCUT2D eigenvalue weighted by molar-refractivity contribution is 7.92. The van der Waals surface area contributed by atoms with Gasteiger partial charge in [-0.1, -0.05) is 30.4 Å². The predicted octanol–water partition coefficient (Wildman–Crippen LogP) is 3.93. The Morgan fingerprint density at radius 2 is 1.56 bits per heavy atom. The van der Waals surface area contributed by atoms with Crippen LogP contribution in [0.25, 0.3) is 0 Å². The fourth-order valence-corrected chi connectivity index (χ4v) is 4.92. The SMILES string of the molecule is C=CCOc1ccc(/C=N\NC(=O)CN(c2ccc(OC)c(OC)c2)S(=O)(=O)c2ccc(C)cc2)cc1OC. The summed E-state index contributed by atoms with van der Waals surface area (Å²) in [6.07, 6.45) is 3.03. The van der Waals surface area contributed by atoms with Crippen LogP contribution in [0.2, 0.25) is 0 Å². The second-order valence-corrected chi connectivity index (χ2v) is 10.0. The van der Waals surface area contributed by atoms with E-state index in [1.165, 1.54) is 51.8 Å². The number of methoxy groups -OCH3 is 3. The molecule has 11 heteroatoms. The number of carbonyl (C=O) groups excluding carboxylic acids is 1. The molecule has 0 unspecified atom stereocenters. The first-order valence-electron chi connectivity index (χ1n) is 11.8. The average Bonchev–Trinajstić information content (AvgIpc) is 2.94. The van der Waals surface area contributed by atoms with Gasteiger partial charge in [-0.05, 0) is 55.0 Å². The number of rotatable bonds is 13. The molecule has 0 aliphatic rings. The van der Waals surface area contributed by atoms with Crippen LogP contribution >= 0.6 is 0 Å². The van der Waals surface area contributed by atoms with Crippen molar-refractivity contribution in [2.24, 2.45) is 5.10 Å². The van der Waals surface area contributed by atoms with Crippen LogP contribution in [0.5, 0.6) is 23.0 Å². The van der Waals surface area contributed by atoms with Crippen LogP contribution in [0.1, 0.15) is 11.1 Å². The highest BCUT2D eigenvalue weighted by Crippen LogP contribution is 2.34. The number of nitrogens with one attached hydrogen (secondary N) is 1. The van der Waals surface area contributed by atoms with E-state index >= 15 is 0 Å². The second kappa shape index (κ2) is 13.3. The molecule has 10 nitrogen and oxygen atoms in total. The zero-order chi connectivity index (χ0) is 28.4. The van der Waals surface area contributed by atoms with Crippen LogP contribution in [-0.2, 0) is 14.8 Å². The van der Waals surface area contributed by atoms with Gasteiger partial charge in [-0.2, -0.15) is 5.10 Å². The van der Waals surface area contributed by atoms with E-state index < -0.39 is 22.5 Å². The zero-order valence-electron chi connectivity index (χ0n) is 22.2. The highest BCUT2D eigenvalue weighted by atomic mass is 32.2. The number of aryl methyl sites for hydroxylation is 1. The van der Waals surface area contributed by atoms with Crippen LogP contribution in [0.3, 0.4) is 0 Å². The number of anilines is 1. The first-order valence-corrected chi connectivity index (χ1v) is 13.2. The van der Waals surface area contributed by atoms with Gasteiger partial charge in [-0.3, -0.25) is 9.10 Å². The lowest BCUT2D eigenvalue weighted by atomic mass is 10.2. The molecule has 39 heavy (non-hydrogen) atoms. The van der Waals surface area contributed by atoms with Crippen molar-refractivity contribution in [3.63, 3.8) is 0 Å². The molecule has 0 aliphatic carbocycles. The summed E-state index contributed by atoms with van der Waals surface area (Å²) >= 11 is 0. The number of hydrazone groups is 1. The van der Waals surface area contributed by atoms with Crippen LogP contribution < -0.4 is 28.7 Å². The molecule has 1 N–H and O–H groups in total. The largest absolute Gasteiger partial charge is 0.493 e. The molecule has 0 aliphatic heterocycles. The van der Waals surface area contributed by atoms with Crippen molar-refractivity contribution < 1.29 is 32.2 Å². The molecule has 0 spiro atoms.